The summed E-state index contributed by atoms with van der Waals surface area (Å²) >= 11 is 0. The van der Waals surface area contributed by atoms with Crippen molar-refractivity contribution in [2.45, 2.75) is 31.6 Å². The Kier molecular flexibility index (Phi) is 8.70. The molecule has 0 bridgehead atoms. The maximum atomic E-state index is 15.1. The van der Waals surface area contributed by atoms with Crippen molar-refractivity contribution in [1.82, 2.24) is 5.32 Å². The highest BCUT2D eigenvalue weighted by Gasteiger charge is 2.43. The van der Waals surface area contributed by atoms with Crippen LogP contribution < -0.4 is 15.0 Å². The Morgan fingerprint density at radius 3 is 2.55 bits per heavy atom. The molecule has 0 saturated carbocycles. The molecule has 1 aliphatic rings. The number of ether oxygens (including phenoxy) is 1. The van der Waals surface area contributed by atoms with Gasteiger partial charge < -0.3 is 20.1 Å². The lowest BCUT2D eigenvalue weighted by atomic mass is 9.96. The number of hydrogen-bond donors (Lipinski definition) is 2. The molecule has 6 nitrogen and oxygen atoms in total. The molecule has 2 aromatic carbocycles. The van der Waals surface area contributed by atoms with E-state index in [0.29, 0.717) is 23.1 Å². The van der Waals surface area contributed by atoms with Gasteiger partial charge in [0.2, 0.25) is 5.91 Å². The second-order valence-corrected chi connectivity index (χ2v) is 8.44. The van der Waals surface area contributed by atoms with Gasteiger partial charge in [-0.25, -0.2) is 17.6 Å². The Morgan fingerprint density at radius 1 is 1.21 bits per heavy atom. The Hall–Kier alpha value is -3.61. The van der Waals surface area contributed by atoms with E-state index in [-0.39, 0.29) is 18.0 Å². The number of benzene rings is 2. The minimum atomic E-state index is -5.07. The Morgan fingerprint density at radius 2 is 1.92 bits per heavy atom. The van der Waals surface area contributed by atoms with Crippen LogP contribution in [0.25, 0.3) is 5.57 Å². The van der Waals surface area contributed by atoms with Gasteiger partial charge in [0, 0.05) is 36.7 Å². The number of rotatable bonds is 7. The summed E-state index contributed by atoms with van der Waals surface area (Å²) in [7, 11) is 0. The molecule has 0 fully saturated rings. The van der Waals surface area contributed by atoms with Gasteiger partial charge in [-0.05, 0) is 43.3 Å². The van der Waals surface area contributed by atoms with Gasteiger partial charge in [-0.15, -0.1) is 0 Å². The number of fused-ring (bicyclic) bond motifs is 1. The number of hydrogen-bond acceptors (Lipinski definition) is 4. The zero-order valence-corrected chi connectivity index (χ0v) is 19.9. The number of aliphatic hydroxyl groups is 1. The molecule has 2 aromatic rings. The van der Waals surface area contributed by atoms with Gasteiger partial charge in [0.05, 0.1) is 23.4 Å². The maximum Gasteiger partial charge on any atom is 0.417 e. The molecule has 1 atom stereocenters. The second-order valence-electron chi connectivity index (χ2n) is 8.44. The van der Waals surface area contributed by atoms with E-state index in [1.807, 2.05) is 0 Å². The summed E-state index contributed by atoms with van der Waals surface area (Å²) in [6.07, 6.45) is -7.14. The van der Waals surface area contributed by atoms with E-state index in [9.17, 15) is 31.5 Å². The highest BCUT2D eigenvalue weighted by Crippen LogP contribution is 2.44. The second kappa shape index (κ2) is 11.4. The van der Waals surface area contributed by atoms with Crippen molar-refractivity contribution in [3.05, 3.63) is 65.0 Å². The molecule has 1 aliphatic heterocycles. The van der Waals surface area contributed by atoms with Gasteiger partial charge in [-0.1, -0.05) is 0 Å². The molecule has 2 amide bonds. The first-order chi connectivity index (χ1) is 17.7. The van der Waals surface area contributed by atoms with Gasteiger partial charge in [-0.3, -0.25) is 9.59 Å². The highest BCUT2D eigenvalue weighted by molar-refractivity contribution is 6.10. The average Bonchev–Trinajstić information content (AvgIpc) is 2.94. The van der Waals surface area contributed by atoms with E-state index in [0.717, 1.165) is 31.2 Å². The zero-order chi connectivity index (χ0) is 28.3. The predicted molar refractivity (Wildman–Crippen MR) is 123 cm³/mol. The quantitative estimate of drug-likeness (QED) is 0.387. The molecule has 38 heavy (non-hydrogen) atoms. The van der Waals surface area contributed by atoms with Crippen LogP contribution in [0.3, 0.4) is 0 Å². The molecule has 206 valence electrons. The van der Waals surface area contributed by atoms with Gasteiger partial charge >= 0.3 is 6.18 Å². The van der Waals surface area contributed by atoms with E-state index in [4.69, 9.17) is 9.84 Å². The normalized spacial score (nSPS) is 17.0. The molecule has 13 heteroatoms. The van der Waals surface area contributed by atoms with E-state index in [2.05, 4.69) is 5.32 Å². The number of nitrogens with one attached hydrogen (secondary N) is 1. The van der Waals surface area contributed by atoms with E-state index in [1.54, 1.807) is 0 Å². The van der Waals surface area contributed by atoms with E-state index < -0.39 is 84.3 Å². The molecule has 0 aromatic heterocycles. The van der Waals surface area contributed by atoms with Gasteiger partial charge in [0.15, 0.2) is 0 Å². The van der Waals surface area contributed by atoms with E-state index in [1.165, 1.54) is 0 Å². The summed E-state index contributed by atoms with van der Waals surface area (Å²) < 4.78 is 104. The predicted octanol–water partition coefficient (Wildman–Crippen LogP) is 4.76. The van der Waals surface area contributed by atoms with Crippen LogP contribution in [0.1, 0.15) is 34.8 Å². The van der Waals surface area contributed by atoms with Crippen molar-refractivity contribution in [3.8, 4) is 5.75 Å². The molecular weight excluding hydrogens is 525 g/mol. The smallest absolute Gasteiger partial charge is 0.417 e. The summed E-state index contributed by atoms with van der Waals surface area (Å²) in [4.78, 5) is 26.2. The fourth-order valence-corrected chi connectivity index (χ4v) is 3.81. The van der Waals surface area contributed by atoms with Gasteiger partial charge in [-0.2, -0.15) is 13.2 Å². The van der Waals surface area contributed by atoms with Crippen LogP contribution in [0.4, 0.5) is 36.4 Å². The first-order valence-corrected chi connectivity index (χ1v) is 11.3. The number of carbonyl (C=O) groups excluding carboxylic acids is 2. The summed E-state index contributed by atoms with van der Waals surface area (Å²) in [6.45, 7) is -0.895. The number of amides is 2. The SMILES string of the molecule is CC(F)COc1ccc(C(=O)N2CCC(F)(F)/C(=C\C(=O)NCCO)c3cc(F)ccc32)c(C(F)(F)F)c1. The van der Waals surface area contributed by atoms with Crippen LogP contribution in [0.2, 0.25) is 0 Å². The molecule has 0 aliphatic carbocycles. The molecule has 1 heterocycles. The van der Waals surface area contributed by atoms with Crippen molar-refractivity contribution in [3.63, 3.8) is 0 Å². The number of aliphatic hydroxyl groups excluding tert-OH is 1. The number of allylic oxidation sites excluding steroid dienone is 1. The summed E-state index contributed by atoms with van der Waals surface area (Å²) in [6, 6.07) is 4.75. The zero-order valence-electron chi connectivity index (χ0n) is 19.9. The Bertz CT molecular complexity index is 1230. The Balaban J connectivity index is 2.12. The monoisotopic (exact) mass is 548 g/mol. The van der Waals surface area contributed by atoms with Crippen LogP contribution in [0.5, 0.6) is 5.75 Å². The van der Waals surface area contributed by atoms with Crippen molar-refractivity contribution < 1.29 is 50.2 Å². The third kappa shape index (κ3) is 6.63. The fraction of sp³-hybridized carbons (Fsp3) is 0.360. The lowest BCUT2D eigenvalue weighted by Crippen LogP contribution is -2.34. The van der Waals surface area contributed by atoms with Crippen LogP contribution >= 0.6 is 0 Å². The number of carbonyl (C=O) groups is 2. The summed E-state index contributed by atoms with van der Waals surface area (Å²) in [5.41, 5.74) is -4.19. The number of nitrogens with zero attached hydrogens (tertiary/aromatic N) is 1. The molecule has 0 saturated heterocycles. The first-order valence-electron chi connectivity index (χ1n) is 11.3. The third-order valence-electron chi connectivity index (χ3n) is 5.52. The molecule has 2 N–H and O–H groups in total. The number of anilines is 1. The minimum absolute atomic E-state index is 0.251. The van der Waals surface area contributed by atoms with Crippen LogP contribution in [0.15, 0.2) is 42.5 Å². The van der Waals surface area contributed by atoms with E-state index >= 15 is 8.78 Å². The molecule has 0 spiro atoms. The lowest BCUT2D eigenvalue weighted by molar-refractivity contribution is -0.138. The van der Waals surface area contributed by atoms with Crippen molar-refractivity contribution >= 4 is 23.1 Å². The fourth-order valence-electron chi connectivity index (χ4n) is 3.81. The van der Waals surface area contributed by atoms with Crippen LogP contribution in [-0.4, -0.2) is 55.3 Å². The summed E-state index contributed by atoms with van der Waals surface area (Å²) in [5, 5.41) is 11.0. The Labute approximate surface area is 212 Å². The summed E-state index contributed by atoms with van der Waals surface area (Å²) in [5.74, 6) is -7.46. The lowest BCUT2D eigenvalue weighted by Gasteiger charge is -2.25. The molecule has 0 radical (unpaired) electrons. The minimum Gasteiger partial charge on any atom is -0.491 e. The van der Waals surface area contributed by atoms with Crippen LogP contribution in [-0.2, 0) is 11.0 Å². The third-order valence-corrected chi connectivity index (χ3v) is 5.52. The molecular formula is C25H23F7N2O4. The topological polar surface area (TPSA) is 78.9 Å². The molecule has 1 unspecified atom stereocenters. The van der Waals surface area contributed by atoms with Gasteiger partial charge in [0.1, 0.15) is 24.3 Å². The van der Waals surface area contributed by atoms with Crippen molar-refractivity contribution in [2.75, 3.05) is 31.2 Å². The van der Waals surface area contributed by atoms with Crippen LogP contribution in [0, 0.1) is 5.82 Å². The van der Waals surface area contributed by atoms with Crippen molar-refractivity contribution in [2.24, 2.45) is 0 Å². The maximum absolute atomic E-state index is 15.1. The van der Waals surface area contributed by atoms with Gasteiger partial charge in [0.25, 0.3) is 11.8 Å². The molecule has 3 rings (SSSR count). The largest absolute Gasteiger partial charge is 0.491 e. The first kappa shape index (κ1) is 29.0. The standard InChI is InChI=1S/C25H23F7N2O4/c1-14(26)13-38-16-3-4-17(20(11-16)25(30,31)32)23(37)34-8-6-24(28,29)19(12-22(36)33-7-9-35)18-10-15(27)2-5-21(18)34/h2-5,10-12,14,35H,6-9,13H2,1H3,(H,33,36)/b19-12-. The number of alkyl halides is 6. The average molecular weight is 548 g/mol. The van der Waals surface area contributed by atoms with Crippen molar-refractivity contribution in [1.29, 1.82) is 0 Å². The number of halogens is 7. The highest BCUT2D eigenvalue weighted by atomic mass is 19.4.